The number of nitrogens with two attached hydrogens (primary N) is 1. The summed E-state index contributed by atoms with van der Waals surface area (Å²) in [6.07, 6.45) is 1.18. The summed E-state index contributed by atoms with van der Waals surface area (Å²) in [7, 11) is 0. The van der Waals surface area contributed by atoms with E-state index in [-0.39, 0.29) is 6.10 Å². The quantitative estimate of drug-likeness (QED) is 0.850. The van der Waals surface area contributed by atoms with Crippen LogP contribution in [0.5, 0.6) is 5.75 Å². The number of nitrogens with zero attached hydrogens (tertiary/aromatic N) is 2. The fourth-order valence-electron chi connectivity index (χ4n) is 2.13. The highest BCUT2D eigenvalue weighted by atomic mass is 16.5. The molecule has 0 aliphatic rings. The van der Waals surface area contributed by atoms with Gasteiger partial charge in [0, 0.05) is 12.2 Å². The molecule has 1 heterocycles. The molecule has 0 aliphatic carbocycles. The molecule has 5 heteroatoms. The summed E-state index contributed by atoms with van der Waals surface area (Å²) in [5, 5.41) is 7.80. The number of aryl methyl sites for hydroxylation is 2. The molecule has 0 aliphatic heterocycles. The Morgan fingerprint density at radius 2 is 1.95 bits per heavy atom. The summed E-state index contributed by atoms with van der Waals surface area (Å²) in [6, 6.07) is 7.86. The predicted octanol–water partition coefficient (Wildman–Crippen LogP) is 3.71. The van der Waals surface area contributed by atoms with Gasteiger partial charge in [0.2, 0.25) is 0 Å². The van der Waals surface area contributed by atoms with Gasteiger partial charge < -0.3 is 15.8 Å². The summed E-state index contributed by atoms with van der Waals surface area (Å²) < 4.78 is 7.56. The van der Waals surface area contributed by atoms with E-state index in [0.29, 0.717) is 5.69 Å². The van der Waals surface area contributed by atoms with Gasteiger partial charge in [0.15, 0.2) is 5.82 Å². The Balaban J connectivity index is 2.18. The molecular formula is C16H24N4O. The van der Waals surface area contributed by atoms with Gasteiger partial charge in [-0.2, -0.15) is 5.10 Å². The van der Waals surface area contributed by atoms with Gasteiger partial charge in [0.25, 0.3) is 0 Å². The molecule has 21 heavy (non-hydrogen) atoms. The molecule has 0 fully saturated rings. The zero-order valence-electron chi connectivity index (χ0n) is 13.2. The molecule has 2 aromatic rings. The first-order chi connectivity index (χ1) is 10.0. The number of ether oxygens (including phenoxy) is 1. The third-order valence-corrected chi connectivity index (χ3v) is 3.10. The van der Waals surface area contributed by atoms with Gasteiger partial charge in [-0.05, 0) is 51.5 Å². The van der Waals surface area contributed by atoms with Crippen molar-refractivity contribution in [2.45, 2.75) is 46.8 Å². The van der Waals surface area contributed by atoms with E-state index in [1.807, 2.05) is 49.7 Å². The van der Waals surface area contributed by atoms with Gasteiger partial charge in [-0.25, -0.2) is 4.68 Å². The van der Waals surface area contributed by atoms with E-state index in [4.69, 9.17) is 10.5 Å². The highest BCUT2D eigenvalue weighted by molar-refractivity contribution is 5.71. The molecule has 114 valence electrons. The Morgan fingerprint density at radius 3 is 2.52 bits per heavy atom. The summed E-state index contributed by atoms with van der Waals surface area (Å²) in [6.45, 7) is 8.91. The number of benzene rings is 1. The molecule has 1 aromatic heterocycles. The van der Waals surface area contributed by atoms with Gasteiger partial charge in [0.1, 0.15) is 5.75 Å². The van der Waals surface area contributed by atoms with Gasteiger partial charge in [0.05, 0.1) is 17.5 Å². The minimum atomic E-state index is 0.174. The lowest BCUT2D eigenvalue weighted by Crippen LogP contribution is -2.06. The fourth-order valence-corrected chi connectivity index (χ4v) is 2.13. The van der Waals surface area contributed by atoms with Crippen molar-refractivity contribution in [2.24, 2.45) is 0 Å². The molecule has 3 N–H and O–H groups in total. The van der Waals surface area contributed by atoms with Crippen LogP contribution in [-0.2, 0) is 6.54 Å². The Morgan fingerprint density at radius 1 is 1.29 bits per heavy atom. The first-order valence-electron chi connectivity index (χ1n) is 7.38. The highest BCUT2D eigenvalue weighted by Crippen LogP contribution is 2.27. The largest absolute Gasteiger partial charge is 0.491 e. The second kappa shape index (κ2) is 6.52. The molecule has 0 saturated carbocycles. The minimum Gasteiger partial charge on any atom is -0.491 e. The molecular weight excluding hydrogens is 264 g/mol. The molecule has 0 amide bonds. The Kier molecular flexibility index (Phi) is 4.73. The van der Waals surface area contributed by atoms with E-state index < -0.39 is 0 Å². The van der Waals surface area contributed by atoms with Crippen molar-refractivity contribution < 1.29 is 4.74 Å². The third kappa shape index (κ3) is 3.68. The number of nitrogen functional groups attached to an aromatic ring is 1. The maximum absolute atomic E-state index is 6.11. The normalized spacial score (nSPS) is 10.9. The number of anilines is 3. The smallest absolute Gasteiger partial charge is 0.152 e. The molecule has 0 spiro atoms. The van der Waals surface area contributed by atoms with E-state index in [9.17, 15) is 0 Å². The number of aromatic nitrogens is 2. The molecule has 0 atom stereocenters. The number of rotatable bonds is 6. The van der Waals surface area contributed by atoms with Crippen molar-refractivity contribution in [2.75, 3.05) is 11.1 Å². The van der Waals surface area contributed by atoms with E-state index in [0.717, 1.165) is 35.9 Å². The zero-order valence-corrected chi connectivity index (χ0v) is 13.2. The topological polar surface area (TPSA) is 65.1 Å². The van der Waals surface area contributed by atoms with E-state index in [1.165, 1.54) is 0 Å². The average molecular weight is 288 g/mol. The van der Waals surface area contributed by atoms with Crippen LogP contribution in [-0.4, -0.2) is 15.9 Å². The molecule has 0 saturated heterocycles. The first-order valence-corrected chi connectivity index (χ1v) is 7.38. The standard InChI is InChI=1S/C16H24N4O/c1-5-10-20-16(15(17)12(4)19-20)18-13-6-8-14(9-7-13)21-11(2)3/h6-9,11,18H,5,10,17H2,1-4H3. The molecule has 2 rings (SSSR count). The van der Waals surface area contributed by atoms with Crippen molar-refractivity contribution in [3.8, 4) is 5.75 Å². The Hall–Kier alpha value is -2.17. The number of nitrogens with one attached hydrogen (secondary N) is 1. The highest BCUT2D eigenvalue weighted by Gasteiger charge is 2.12. The van der Waals surface area contributed by atoms with Crippen LogP contribution in [0.25, 0.3) is 0 Å². The van der Waals surface area contributed by atoms with Gasteiger partial charge >= 0.3 is 0 Å². The van der Waals surface area contributed by atoms with E-state index in [1.54, 1.807) is 0 Å². The fraction of sp³-hybridized carbons (Fsp3) is 0.438. The van der Waals surface area contributed by atoms with Crippen molar-refractivity contribution in [3.05, 3.63) is 30.0 Å². The van der Waals surface area contributed by atoms with E-state index in [2.05, 4.69) is 17.3 Å². The van der Waals surface area contributed by atoms with Crippen LogP contribution in [0.3, 0.4) is 0 Å². The van der Waals surface area contributed by atoms with Crippen molar-refractivity contribution in [3.63, 3.8) is 0 Å². The molecule has 0 bridgehead atoms. The van der Waals surface area contributed by atoms with Crippen LogP contribution in [0.4, 0.5) is 17.2 Å². The van der Waals surface area contributed by atoms with Crippen LogP contribution >= 0.6 is 0 Å². The predicted molar refractivity (Wildman–Crippen MR) is 87.2 cm³/mol. The average Bonchev–Trinajstić information content (AvgIpc) is 2.69. The van der Waals surface area contributed by atoms with Gasteiger partial charge in [-0.15, -0.1) is 0 Å². The molecule has 5 nitrogen and oxygen atoms in total. The molecule has 1 aromatic carbocycles. The lowest BCUT2D eigenvalue weighted by Gasteiger charge is -2.12. The Bertz CT molecular complexity index is 587. The molecule has 0 radical (unpaired) electrons. The van der Waals surface area contributed by atoms with Crippen molar-refractivity contribution in [1.29, 1.82) is 0 Å². The van der Waals surface area contributed by atoms with Gasteiger partial charge in [-0.1, -0.05) is 6.92 Å². The summed E-state index contributed by atoms with van der Waals surface area (Å²) in [5.74, 6) is 1.72. The Labute approximate surface area is 126 Å². The first kappa shape index (κ1) is 15.2. The van der Waals surface area contributed by atoms with Crippen LogP contribution in [0, 0.1) is 6.92 Å². The lowest BCUT2D eigenvalue weighted by molar-refractivity contribution is 0.242. The van der Waals surface area contributed by atoms with Crippen molar-refractivity contribution in [1.82, 2.24) is 9.78 Å². The maximum Gasteiger partial charge on any atom is 0.152 e. The van der Waals surface area contributed by atoms with Crippen molar-refractivity contribution >= 4 is 17.2 Å². The van der Waals surface area contributed by atoms with Crippen LogP contribution in [0.15, 0.2) is 24.3 Å². The summed E-state index contributed by atoms with van der Waals surface area (Å²) in [4.78, 5) is 0. The third-order valence-electron chi connectivity index (χ3n) is 3.10. The van der Waals surface area contributed by atoms with Gasteiger partial charge in [-0.3, -0.25) is 0 Å². The van der Waals surface area contributed by atoms with Crippen LogP contribution in [0.1, 0.15) is 32.9 Å². The summed E-state index contributed by atoms with van der Waals surface area (Å²) >= 11 is 0. The monoisotopic (exact) mass is 288 g/mol. The summed E-state index contributed by atoms with van der Waals surface area (Å²) in [5.41, 5.74) is 8.63. The lowest BCUT2D eigenvalue weighted by atomic mass is 10.3. The zero-order chi connectivity index (χ0) is 15.4. The SMILES string of the molecule is CCCn1nc(C)c(N)c1Nc1ccc(OC(C)C)cc1. The molecule has 0 unspecified atom stereocenters. The second-order valence-electron chi connectivity index (χ2n) is 5.39. The van der Waals surface area contributed by atoms with Crippen LogP contribution < -0.4 is 15.8 Å². The van der Waals surface area contributed by atoms with E-state index >= 15 is 0 Å². The maximum atomic E-state index is 6.11. The second-order valence-corrected chi connectivity index (χ2v) is 5.39. The number of hydrogen-bond acceptors (Lipinski definition) is 4. The minimum absolute atomic E-state index is 0.174. The van der Waals surface area contributed by atoms with Crippen LogP contribution in [0.2, 0.25) is 0 Å². The number of hydrogen-bond donors (Lipinski definition) is 2.